The highest BCUT2D eigenvalue weighted by Gasteiger charge is 2.24. The van der Waals surface area contributed by atoms with Crippen molar-refractivity contribution in [2.24, 2.45) is 0 Å². The number of hydrogen-bond acceptors (Lipinski definition) is 4. The molecule has 1 heterocycles. The van der Waals surface area contributed by atoms with Crippen LogP contribution in [0.15, 0.2) is 22.7 Å². The van der Waals surface area contributed by atoms with Gasteiger partial charge < -0.3 is 19.8 Å². The lowest BCUT2D eigenvalue weighted by molar-refractivity contribution is -0.145. The van der Waals surface area contributed by atoms with E-state index in [1.807, 2.05) is 0 Å². The number of nitrogens with zero attached hydrogens (tertiary/aromatic N) is 1. The zero-order valence-electron chi connectivity index (χ0n) is 11.3. The number of phenols is 1. The number of carbonyl (C=O) groups is 2. The van der Waals surface area contributed by atoms with E-state index in [-0.39, 0.29) is 24.4 Å². The summed E-state index contributed by atoms with van der Waals surface area (Å²) in [6, 6.07) is 4.71. The number of aliphatic carboxylic acids is 1. The van der Waals surface area contributed by atoms with Crippen LogP contribution in [0.5, 0.6) is 5.75 Å². The predicted octanol–water partition coefficient (Wildman–Crippen LogP) is 1.86. The molecule has 0 aliphatic carbocycles. The first-order valence-corrected chi connectivity index (χ1v) is 7.38. The molecular weight excluding hydrogens is 342 g/mol. The molecule has 1 aliphatic rings. The number of aromatic hydroxyl groups is 1. The summed E-state index contributed by atoms with van der Waals surface area (Å²) >= 11 is 3.17. The average Bonchev–Trinajstić information content (AvgIpc) is 2.48. The van der Waals surface area contributed by atoms with Crippen LogP contribution in [-0.2, 0) is 9.53 Å². The maximum absolute atomic E-state index is 12.3. The van der Waals surface area contributed by atoms with Gasteiger partial charge in [0.15, 0.2) is 0 Å². The van der Waals surface area contributed by atoms with Crippen LogP contribution in [0.2, 0.25) is 0 Å². The molecule has 0 aromatic heterocycles. The molecule has 1 fully saturated rings. The number of rotatable bonds is 4. The highest BCUT2D eigenvalue weighted by molar-refractivity contribution is 9.10. The van der Waals surface area contributed by atoms with Crippen molar-refractivity contribution in [3.8, 4) is 5.75 Å². The number of likely N-dealkylation sites (tertiary alicyclic amines) is 1. The molecule has 1 saturated heterocycles. The average molecular weight is 358 g/mol. The first-order chi connectivity index (χ1) is 9.97. The fourth-order valence-electron chi connectivity index (χ4n) is 2.24. The fraction of sp³-hybridized carbons (Fsp3) is 0.429. The summed E-state index contributed by atoms with van der Waals surface area (Å²) in [6.07, 6.45) is 1.10. The lowest BCUT2D eigenvalue weighted by Gasteiger charge is -2.31. The number of amides is 1. The molecule has 1 aromatic carbocycles. The second-order valence-corrected chi connectivity index (χ2v) is 5.72. The molecule has 1 amide bonds. The van der Waals surface area contributed by atoms with E-state index in [1.165, 1.54) is 6.07 Å². The zero-order valence-corrected chi connectivity index (χ0v) is 12.9. The molecule has 114 valence electrons. The maximum atomic E-state index is 12.3. The van der Waals surface area contributed by atoms with Gasteiger partial charge in [-0.05, 0) is 47.0 Å². The van der Waals surface area contributed by atoms with Crippen LogP contribution < -0.4 is 0 Å². The number of carboxylic acids is 1. The summed E-state index contributed by atoms with van der Waals surface area (Å²) in [5.41, 5.74) is 0.431. The summed E-state index contributed by atoms with van der Waals surface area (Å²) in [4.78, 5) is 24.4. The monoisotopic (exact) mass is 357 g/mol. The predicted molar refractivity (Wildman–Crippen MR) is 78.3 cm³/mol. The fourth-order valence-corrected chi connectivity index (χ4v) is 2.49. The van der Waals surface area contributed by atoms with Gasteiger partial charge in [0, 0.05) is 18.7 Å². The number of carbonyl (C=O) groups excluding carboxylic acids is 1. The third-order valence-electron chi connectivity index (χ3n) is 3.36. The van der Waals surface area contributed by atoms with Crippen molar-refractivity contribution in [2.75, 3.05) is 19.7 Å². The van der Waals surface area contributed by atoms with Gasteiger partial charge in [-0.15, -0.1) is 0 Å². The van der Waals surface area contributed by atoms with Crippen LogP contribution in [0.25, 0.3) is 0 Å². The van der Waals surface area contributed by atoms with Gasteiger partial charge in [-0.2, -0.15) is 0 Å². The van der Waals surface area contributed by atoms with Gasteiger partial charge in [0.1, 0.15) is 12.4 Å². The Bertz CT molecular complexity index is 540. The van der Waals surface area contributed by atoms with E-state index in [1.54, 1.807) is 17.0 Å². The molecule has 0 radical (unpaired) electrons. The number of ether oxygens (including phenoxy) is 1. The summed E-state index contributed by atoms with van der Waals surface area (Å²) < 4.78 is 5.77. The smallest absolute Gasteiger partial charge is 0.329 e. The maximum Gasteiger partial charge on any atom is 0.329 e. The van der Waals surface area contributed by atoms with Crippen LogP contribution in [-0.4, -0.2) is 52.8 Å². The molecule has 7 heteroatoms. The van der Waals surface area contributed by atoms with Crippen molar-refractivity contribution in [1.29, 1.82) is 0 Å². The summed E-state index contributed by atoms with van der Waals surface area (Å²) in [7, 11) is 0. The van der Waals surface area contributed by atoms with Crippen molar-refractivity contribution in [1.82, 2.24) is 4.90 Å². The van der Waals surface area contributed by atoms with E-state index in [0.717, 1.165) is 0 Å². The van der Waals surface area contributed by atoms with Gasteiger partial charge in [-0.1, -0.05) is 0 Å². The molecule has 2 N–H and O–H groups in total. The Hall–Kier alpha value is -1.60. The summed E-state index contributed by atoms with van der Waals surface area (Å²) in [6.45, 7) is 0.721. The van der Waals surface area contributed by atoms with Crippen LogP contribution in [0, 0.1) is 0 Å². The van der Waals surface area contributed by atoms with Crippen molar-refractivity contribution >= 4 is 27.8 Å². The van der Waals surface area contributed by atoms with Crippen LogP contribution in [0.1, 0.15) is 23.2 Å². The van der Waals surface area contributed by atoms with Gasteiger partial charge in [-0.25, -0.2) is 4.79 Å². The Morgan fingerprint density at radius 1 is 1.33 bits per heavy atom. The third kappa shape index (κ3) is 4.18. The minimum atomic E-state index is -0.987. The molecular formula is C14H16BrNO5. The topological polar surface area (TPSA) is 87.1 Å². The van der Waals surface area contributed by atoms with Gasteiger partial charge in [0.05, 0.1) is 10.6 Å². The molecule has 1 aliphatic heterocycles. The van der Waals surface area contributed by atoms with Gasteiger partial charge in [0.2, 0.25) is 0 Å². The number of piperidine rings is 1. The number of carboxylic acid groups (broad SMARTS) is 1. The summed E-state index contributed by atoms with van der Waals surface area (Å²) in [5.74, 6) is -1.10. The number of halogens is 1. The van der Waals surface area contributed by atoms with Crippen molar-refractivity contribution in [2.45, 2.75) is 18.9 Å². The van der Waals surface area contributed by atoms with E-state index < -0.39 is 5.97 Å². The molecule has 6 nitrogen and oxygen atoms in total. The Labute approximate surface area is 130 Å². The Morgan fingerprint density at radius 2 is 2.00 bits per heavy atom. The molecule has 2 rings (SSSR count). The molecule has 0 unspecified atom stereocenters. The largest absolute Gasteiger partial charge is 0.507 e. The van der Waals surface area contributed by atoms with Crippen molar-refractivity contribution in [3.05, 3.63) is 28.2 Å². The van der Waals surface area contributed by atoms with E-state index in [0.29, 0.717) is 36.0 Å². The first-order valence-electron chi connectivity index (χ1n) is 6.58. The zero-order chi connectivity index (χ0) is 15.4. The standard InChI is InChI=1S/C14H16BrNO5/c15-11-2-1-9(7-12(11)17)14(20)16-5-3-10(4-6-16)21-8-13(18)19/h1-2,7,10,17H,3-6,8H2,(H,18,19). The molecule has 21 heavy (non-hydrogen) atoms. The number of benzene rings is 1. The minimum absolute atomic E-state index is 0.0283. The lowest BCUT2D eigenvalue weighted by Crippen LogP contribution is -2.41. The second kappa shape index (κ2) is 6.91. The molecule has 0 bridgehead atoms. The minimum Gasteiger partial charge on any atom is -0.507 e. The number of hydrogen-bond donors (Lipinski definition) is 2. The lowest BCUT2D eigenvalue weighted by atomic mass is 10.1. The Morgan fingerprint density at radius 3 is 2.57 bits per heavy atom. The van der Waals surface area contributed by atoms with Gasteiger partial charge in [0.25, 0.3) is 5.91 Å². The van der Waals surface area contributed by atoms with Gasteiger partial charge >= 0.3 is 5.97 Å². The van der Waals surface area contributed by atoms with Crippen LogP contribution in [0.3, 0.4) is 0 Å². The van der Waals surface area contributed by atoms with E-state index in [4.69, 9.17) is 9.84 Å². The molecule has 0 spiro atoms. The number of phenolic OH excluding ortho intramolecular Hbond substituents is 1. The molecule has 0 atom stereocenters. The highest BCUT2D eigenvalue weighted by Crippen LogP contribution is 2.25. The normalized spacial score (nSPS) is 16.0. The summed E-state index contributed by atoms with van der Waals surface area (Å²) in [5, 5.41) is 18.2. The highest BCUT2D eigenvalue weighted by atomic mass is 79.9. The van der Waals surface area contributed by atoms with E-state index in [2.05, 4.69) is 15.9 Å². The van der Waals surface area contributed by atoms with E-state index in [9.17, 15) is 14.7 Å². The molecule has 1 aromatic rings. The van der Waals surface area contributed by atoms with Crippen LogP contribution >= 0.6 is 15.9 Å². The van der Waals surface area contributed by atoms with Crippen LogP contribution in [0.4, 0.5) is 0 Å². The Kier molecular flexibility index (Phi) is 5.19. The Balaban J connectivity index is 1.90. The quantitative estimate of drug-likeness (QED) is 0.858. The second-order valence-electron chi connectivity index (χ2n) is 4.86. The third-order valence-corrected chi connectivity index (χ3v) is 4.04. The molecule has 0 saturated carbocycles. The van der Waals surface area contributed by atoms with Gasteiger partial charge in [-0.3, -0.25) is 4.79 Å². The van der Waals surface area contributed by atoms with Crippen molar-refractivity contribution in [3.63, 3.8) is 0 Å². The van der Waals surface area contributed by atoms with Crippen molar-refractivity contribution < 1.29 is 24.5 Å². The SMILES string of the molecule is O=C(O)COC1CCN(C(=O)c2ccc(Br)c(O)c2)CC1. The first kappa shape index (κ1) is 15.8. The van der Waals surface area contributed by atoms with E-state index >= 15 is 0 Å².